The number of rotatable bonds is 2. The highest BCUT2D eigenvalue weighted by atomic mass is 32.2. The second-order valence-electron chi connectivity index (χ2n) is 3.69. The van der Waals surface area contributed by atoms with Crippen LogP contribution in [-0.4, -0.2) is 19.8 Å². The van der Waals surface area contributed by atoms with Gasteiger partial charge in [0.2, 0.25) is 0 Å². The lowest BCUT2D eigenvalue weighted by molar-refractivity contribution is -0.224. The van der Waals surface area contributed by atoms with Crippen molar-refractivity contribution in [3.8, 4) is 0 Å². The van der Waals surface area contributed by atoms with Crippen LogP contribution in [0.4, 0.5) is 13.2 Å². The lowest BCUT2D eigenvalue weighted by Gasteiger charge is -2.26. The largest absolute Gasteiger partial charge is 0.861 e. The van der Waals surface area contributed by atoms with Gasteiger partial charge < -0.3 is 5.11 Å². The zero-order valence-corrected chi connectivity index (χ0v) is 9.14. The molecule has 1 aliphatic rings. The van der Waals surface area contributed by atoms with Crippen LogP contribution < -0.4 is 5.11 Å². The minimum Gasteiger partial charge on any atom is -0.861 e. The van der Waals surface area contributed by atoms with E-state index in [1.807, 2.05) is 0 Å². The van der Waals surface area contributed by atoms with Crippen LogP contribution in [0.3, 0.4) is 0 Å². The Morgan fingerprint density at radius 3 is 2.12 bits per heavy atom. The number of hydrogen-bond acceptors (Lipinski definition) is 3. The molecule has 0 N–H and O–H groups in total. The maximum absolute atomic E-state index is 11.9. The normalized spacial score (nSPS) is 21.1. The number of alkyl halides is 3. The third-order valence-electron chi connectivity index (χ3n) is 2.46. The van der Waals surface area contributed by atoms with Crippen molar-refractivity contribution in [2.75, 3.05) is 0 Å². The van der Waals surface area contributed by atoms with E-state index in [-0.39, 0.29) is 0 Å². The Bertz CT molecular complexity index is 368. The third-order valence-corrected chi connectivity index (χ3v) is 3.46. The fourth-order valence-corrected chi connectivity index (χ4v) is 2.08. The van der Waals surface area contributed by atoms with Crippen LogP contribution in [0.2, 0.25) is 0 Å². The van der Waals surface area contributed by atoms with Crippen LogP contribution in [0.5, 0.6) is 0 Å². The molecule has 1 fully saturated rings. The molecular formula is C8H11F3NO3S-. The molecule has 8 heteroatoms. The van der Waals surface area contributed by atoms with Crippen molar-refractivity contribution < 1.29 is 26.7 Å². The van der Waals surface area contributed by atoms with Gasteiger partial charge in [-0.3, -0.25) is 0 Å². The average Bonchev–Trinajstić information content (AvgIpc) is 2.16. The van der Waals surface area contributed by atoms with Crippen LogP contribution >= 0.6 is 0 Å². The van der Waals surface area contributed by atoms with E-state index in [4.69, 9.17) is 0 Å². The lowest BCUT2D eigenvalue weighted by Crippen LogP contribution is -2.33. The summed E-state index contributed by atoms with van der Waals surface area (Å²) in [6.07, 6.45) is 3.18. The Labute approximate surface area is 91.2 Å². The second-order valence-corrected chi connectivity index (χ2v) is 5.28. The molecule has 0 atom stereocenters. The van der Waals surface area contributed by atoms with Gasteiger partial charge in [-0.15, -0.1) is 0 Å². The molecule has 1 saturated carbocycles. The lowest BCUT2D eigenvalue weighted by atomic mass is 9.89. The molecule has 0 amide bonds. The van der Waals surface area contributed by atoms with Gasteiger partial charge in [0.1, 0.15) is 0 Å². The van der Waals surface area contributed by atoms with E-state index in [1.165, 1.54) is 0 Å². The standard InChI is InChI=1S/C8H12F3NO3S/c9-8(10,11)16(14,15)12-7(13)6-4-2-1-3-5-6/h6H,1-5H2,(H,12,13)/p-1. The number of halogens is 3. The molecule has 16 heavy (non-hydrogen) atoms. The van der Waals surface area contributed by atoms with Crippen molar-refractivity contribution in [1.82, 2.24) is 0 Å². The molecule has 94 valence electrons. The van der Waals surface area contributed by atoms with Gasteiger partial charge in [-0.1, -0.05) is 19.3 Å². The van der Waals surface area contributed by atoms with Crippen molar-refractivity contribution in [3.05, 3.63) is 0 Å². The Hall–Kier alpha value is -0.790. The van der Waals surface area contributed by atoms with Gasteiger partial charge in [0, 0.05) is 0 Å². The second kappa shape index (κ2) is 4.60. The maximum atomic E-state index is 11.9. The van der Waals surface area contributed by atoms with E-state index >= 15 is 0 Å². The first-order chi connectivity index (χ1) is 7.24. The highest BCUT2D eigenvalue weighted by Crippen LogP contribution is 2.27. The summed E-state index contributed by atoms with van der Waals surface area (Å²) in [6, 6.07) is 0. The molecule has 0 unspecified atom stereocenters. The predicted octanol–water partition coefficient (Wildman–Crippen LogP) is 1.18. The average molecular weight is 258 g/mol. The third kappa shape index (κ3) is 3.10. The van der Waals surface area contributed by atoms with Gasteiger partial charge in [-0.05, 0) is 24.7 Å². The summed E-state index contributed by atoms with van der Waals surface area (Å²) in [5, 5.41) is 11.2. The minimum atomic E-state index is -5.67. The van der Waals surface area contributed by atoms with E-state index in [9.17, 15) is 26.7 Å². The van der Waals surface area contributed by atoms with E-state index in [1.54, 1.807) is 0 Å². The van der Waals surface area contributed by atoms with Crippen molar-refractivity contribution >= 4 is 15.9 Å². The van der Waals surface area contributed by atoms with E-state index in [0.717, 1.165) is 19.3 Å². The molecule has 1 rings (SSSR count). The van der Waals surface area contributed by atoms with Crippen LogP contribution in [-0.2, 0) is 10.0 Å². The molecule has 0 aromatic heterocycles. The number of hydrogen-bond donors (Lipinski definition) is 0. The summed E-state index contributed by atoms with van der Waals surface area (Å²) in [5.74, 6) is -1.84. The molecule has 0 spiro atoms. The van der Waals surface area contributed by atoms with Crippen LogP contribution in [0.15, 0.2) is 4.40 Å². The SMILES string of the molecule is O=S(=O)(N=C([O-])C1CCCCC1)C(F)(F)F. The topological polar surface area (TPSA) is 69.6 Å². The molecule has 0 aliphatic heterocycles. The predicted molar refractivity (Wildman–Crippen MR) is 49.0 cm³/mol. The summed E-state index contributed by atoms with van der Waals surface area (Å²) < 4.78 is 59.3. The van der Waals surface area contributed by atoms with Gasteiger partial charge in [-0.2, -0.15) is 26.0 Å². The molecule has 0 bridgehead atoms. The van der Waals surface area contributed by atoms with E-state index < -0.39 is 27.3 Å². The van der Waals surface area contributed by atoms with Gasteiger partial charge in [0.05, 0.1) is 0 Å². The van der Waals surface area contributed by atoms with E-state index in [0.29, 0.717) is 12.8 Å². The fourth-order valence-electron chi connectivity index (χ4n) is 1.59. The Kier molecular flexibility index (Phi) is 3.82. The highest BCUT2D eigenvalue weighted by Gasteiger charge is 2.45. The molecule has 0 heterocycles. The van der Waals surface area contributed by atoms with Gasteiger partial charge in [0.15, 0.2) is 0 Å². The molecule has 0 radical (unpaired) electrons. The summed E-state index contributed by atoms with van der Waals surface area (Å²) in [4.78, 5) is 0. The molecule has 4 nitrogen and oxygen atoms in total. The van der Waals surface area contributed by atoms with Crippen LogP contribution in [0.1, 0.15) is 32.1 Å². The molecule has 0 aromatic rings. The zero-order chi connectivity index (χ0) is 12.4. The van der Waals surface area contributed by atoms with Crippen LogP contribution in [0, 0.1) is 5.92 Å². The zero-order valence-electron chi connectivity index (χ0n) is 8.33. The first kappa shape index (κ1) is 13.3. The quantitative estimate of drug-likeness (QED) is 0.551. The van der Waals surface area contributed by atoms with Crippen LogP contribution in [0.25, 0.3) is 0 Å². The summed E-state index contributed by atoms with van der Waals surface area (Å²) in [7, 11) is -5.67. The summed E-state index contributed by atoms with van der Waals surface area (Å²) in [6.45, 7) is 0. The fraction of sp³-hybridized carbons (Fsp3) is 0.875. The first-order valence-corrected chi connectivity index (χ1v) is 6.26. The molecule has 1 aliphatic carbocycles. The smallest absolute Gasteiger partial charge is 0.518 e. The summed E-state index contributed by atoms with van der Waals surface area (Å²) >= 11 is 0. The monoisotopic (exact) mass is 258 g/mol. The first-order valence-electron chi connectivity index (χ1n) is 4.82. The van der Waals surface area contributed by atoms with Gasteiger partial charge in [-0.25, -0.2) is 0 Å². The molecule has 0 saturated heterocycles. The Morgan fingerprint density at radius 2 is 1.69 bits per heavy atom. The molecule has 0 aromatic carbocycles. The highest BCUT2D eigenvalue weighted by molar-refractivity contribution is 7.91. The summed E-state index contributed by atoms with van der Waals surface area (Å²) in [5.41, 5.74) is -5.49. The Morgan fingerprint density at radius 1 is 1.19 bits per heavy atom. The molecular weight excluding hydrogens is 247 g/mol. The van der Waals surface area contributed by atoms with Crippen molar-refractivity contribution in [3.63, 3.8) is 0 Å². The maximum Gasteiger partial charge on any atom is 0.518 e. The van der Waals surface area contributed by atoms with Crippen molar-refractivity contribution in [1.29, 1.82) is 0 Å². The number of nitrogens with zero attached hydrogens (tertiary/aromatic N) is 1. The van der Waals surface area contributed by atoms with E-state index in [2.05, 4.69) is 4.40 Å². The van der Waals surface area contributed by atoms with Crippen molar-refractivity contribution in [2.24, 2.45) is 10.3 Å². The van der Waals surface area contributed by atoms with Gasteiger partial charge in [0.25, 0.3) is 0 Å². The van der Waals surface area contributed by atoms with Crippen molar-refractivity contribution in [2.45, 2.75) is 37.6 Å². The van der Waals surface area contributed by atoms with Gasteiger partial charge >= 0.3 is 15.5 Å². The minimum absolute atomic E-state index is 0.412. The number of sulfonamides is 1. The Balaban J connectivity index is 2.83.